The van der Waals surface area contributed by atoms with Crippen molar-refractivity contribution in [3.63, 3.8) is 0 Å². The van der Waals surface area contributed by atoms with Gasteiger partial charge in [0.15, 0.2) is 0 Å². The van der Waals surface area contributed by atoms with Gasteiger partial charge in [-0.3, -0.25) is 0 Å². The van der Waals surface area contributed by atoms with E-state index < -0.39 is 0 Å². The molecule has 0 atom stereocenters. The smallest absolute Gasteiger partial charge is 0.133 e. The minimum absolute atomic E-state index is 0.301. The van der Waals surface area contributed by atoms with Crippen LogP contribution in [-0.2, 0) is 11.3 Å². The lowest BCUT2D eigenvalue weighted by atomic mass is 9.85. The number of aryl methyl sites for hydroxylation is 1. The molecule has 0 unspecified atom stereocenters. The molecule has 0 aromatic heterocycles. The first-order valence-corrected chi connectivity index (χ1v) is 11.8. The summed E-state index contributed by atoms with van der Waals surface area (Å²) >= 11 is 0. The first kappa shape index (κ1) is 25.4. The van der Waals surface area contributed by atoms with Gasteiger partial charge in [0.25, 0.3) is 0 Å². The third-order valence-electron chi connectivity index (χ3n) is 5.64. The van der Waals surface area contributed by atoms with Gasteiger partial charge in [0.2, 0.25) is 0 Å². The van der Waals surface area contributed by atoms with Gasteiger partial charge in [-0.25, -0.2) is 0 Å². The Balaban J connectivity index is 2.05. The topological polar surface area (TPSA) is 18.5 Å². The molecule has 2 rings (SSSR count). The molecule has 2 aromatic rings. The van der Waals surface area contributed by atoms with Gasteiger partial charge in [-0.1, -0.05) is 76.2 Å². The molecule has 0 radical (unpaired) electrons. The summed E-state index contributed by atoms with van der Waals surface area (Å²) in [6, 6.07) is 19.0. The lowest BCUT2D eigenvalue weighted by Crippen LogP contribution is -2.46. The monoisotopic (exact) mass is 426 g/mol. The molecule has 2 aromatic carbocycles. The highest BCUT2D eigenvalue weighted by Gasteiger charge is 2.35. The summed E-state index contributed by atoms with van der Waals surface area (Å²) in [4.78, 5) is 0. The van der Waals surface area contributed by atoms with Crippen LogP contribution in [0.2, 0.25) is 0 Å². The van der Waals surface area contributed by atoms with Crippen molar-refractivity contribution < 1.29 is 14.0 Å². The van der Waals surface area contributed by atoms with E-state index >= 15 is 0 Å². The van der Waals surface area contributed by atoms with Crippen molar-refractivity contribution in [3.8, 4) is 5.75 Å². The minimum atomic E-state index is -0.301. The van der Waals surface area contributed by atoms with Crippen LogP contribution in [0.3, 0.4) is 0 Å². The van der Waals surface area contributed by atoms with Crippen molar-refractivity contribution in [1.82, 2.24) is 0 Å². The van der Waals surface area contributed by atoms with Crippen LogP contribution < -0.4 is 4.74 Å². The second-order valence-electron chi connectivity index (χ2n) is 10.6. The lowest BCUT2D eigenvalue weighted by molar-refractivity contribution is -0.904. The van der Waals surface area contributed by atoms with Gasteiger partial charge in [0, 0.05) is 5.56 Å². The molecule has 3 nitrogen and oxygen atoms in total. The molecule has 0 aliphatic rings. The second-order valence-corrected chi connectivity index (χ2v) is 10.6. The molecule has 0 bridgehead atoms. The summed E-state index contributed by atoms with van der Waals surface area (Å²) in [5.41, 5.74) is 2.25. The molecule has 0 heterocycles. The fraction of sp³-hybridized carbons (Fsp3) is 0.571. The maximum Gasteiger partial charge on any atom is 0.133 e. The van der Waals surface area contributed by atoms with E-state index in [0.717, 1.165) is 42.8 Å². The van der Waals surface area contributed by atoms with Crippen molar-refractivity contribution in [2.45, 2.75) is 59.6 Å². The van der Waals surface area contributed by atoms with Crippen LogP contribution in [-0.4, -0.2) is 43.9 Å². The molecule has 0 saturated carbocycles. The molecule has 0 aliphatic heterocycles. The SMILES string of the molecule is Cc1ccccc1OC(COCC[N+](C)(C)Cc1ccccc1)(CC(C)C)CC(C)C. The highest BCUT2D eigenvalue weighted by molar-refractivity contribution is 5.32. The number of quaternary nitrogens is 1. The van der Waals surface area contributed by atoms with E-state index in [1.165, 1.54) is 11.1 Å². The van der Waals surface area contributed by atoms with Crippen molar-refractivity contribution in [2.75, 3.05) is 33.9 Å². The van der Waals surface area contributed by atoms with Crippen LogP contribution in [0.15, 0.2) is 54.6 Å². The van der Waals surface area contributed by atoms with E-state index in [-0.39, 0.29) is 5.60 Å². The Bertz CT molecular complexity index is 758. The zero-order valence-electron chi connectivity index (χ0n) is 20.9. The Kier molecular flexibility index (Phi) is 9.58. The van der Waals surface area contributed by atoms with Crippen LogP contribution >= 0.6 is 0 Å². The standard InChI is InChI=1S/C28H44NO2/c1-23(2)19-28(20-24(3)4,31-27-16-12-11-13-25(27)5)22-30-18-17-29(6,7)21-26-14-9-8-10-15-26/h8-16,23-24H,17-22H2,1-7H3/q+1. The molecule has 0 amide bonds. The quantitative estimate of drug-likeness (QED) is 0.269. The van der Waals surface area contributed by atoms with E-state index in [1.807, 2.05) is 0 Å². The van der Waals surface area contributed by atoms with Crippen LogP contribution in [0.1, 0.15) is 51.7 Å². The summed E-state index contributed by atoms with van der Waals surface area (Å²) in [5, 5.41) is 0. The Morgan fingerprint density at radius 2 is 1.42 bits per heavy atom. The van der Waals surface area contributed by atoms with Crippen LogP contribution in [0, 0.1) is 18.8 Å². The Labute approximate surface area is 191 Å². The zero-order chi connectivity index (χ0) is 22.9. The molecule has 0 N–H and O–H groups in total. The number of para-hydroxylation sites is 1. The number of rotatable bonds is 13. The fourth-order valence-corrected chi connectivity index (χ4v) is 4.43. The van der Waals surface area contributed by atoms with Gasteiger partial charge in [-0.05, 0) is 43.2 Å². The molecule has 0 spiro atoms. The maximum atomic E-state index is 6.75. The Hall–Kier alpha value is -1.84. The predicted octanol–water partition coefficient (Wildman–Crippen LogP) is 6.50. The third-order valence-corrected chi connectivity index (χ3v) is 5.64. The van der Waals surface area contributed by atoms with Gasteiger partial charge >= 0.3 is 0 Å². The van der Waals surface area contributed by atoms with E-state index in [0.29, 0.717) is 18.4 Å². The summed E-state index contributed by atoms with van der Waals surface area (Å²) in [7, 11) is 4.55. The first-order chi connectivity index (χ1) is 14.6. The molecule has 0 aliphatic carbocycles. The van der Waals surface area contributed by atoms with E-state index in [1.54, 1.807) is 0 Å². The Morgan fingerprint density at radius 3 is 2.00 bits per heavy atom. The lowest BCUT2D eigenvalue weighted by Gasteiger charge is -2.38. The van der Waals surface area contributed by atoms with Crippen molar-refractivity contribution in [3.05, 3.63) is 65.7 Å². The predicted molar refractivity (Wildman–Crippen MR) is 131 cm³/mol. The summed E-state index contributed by atoms with van der Waals surface area (Å²) in [6.07, 6.45) is 1.98. The number of nitrogens with zero attached hydrogens (tertiary/aromatic N) is 1. The Morgan fingerprint density at radius 1 is 0.839 bits per heavy atom. The van der Waals surface area contributed by atoms with Gasteiger partial charge < -0.3 is 14.0 Å². The molecular weight excluding hydrogens is 382 g/mol. The average Bonchev–Trinajstić information content (AvgIpc) is 2.66. The van der Waals surface area contributed by atoms with Crippen molar-refractivity contribution in [1.29, 1.82) is 0 Å². The number of hydrogen-bond donors (Lipinski definition) is 0. The van der Waals surface area contributed by atoms with Crippen LogP contribution in [0.25, 0.3) is 0 Å². The minimum Gasteiger partial charge on any atom is -0.485 e. The van der Waals surface area contributed by atoms with Gasteiger partial charge in [0.1, 0.15) is 24.4 Å². The largest absolute Gasteiger partial charge is 0.485 e. The number of benzene rings is 2. The summed E-state index contributed by atoms with van der Waals surface area (Å²) < 4.78 is 14.0. The normalized spacial score (nSPS) is 12.5. The number of likely N-dealkylation sites (N-methyl/N-ethyl adjacent to an activating group) is 1. The van der Waals surface area contributed by atoms with E-state index in [2.05, 4.69) is 103 Å². The van der Waals surface area contributed by atoms with Crippen molar-refractivity contribution >= 4 is 0 Å². The highest BCUT2D eigenvalue weighted by Crippen LogP contribution is 2.33. The average molecular weight is 427 g/mol. The molecule has 0 saturated heterocycles. The first-order valence-electron chi connectivity index (χ1n) is 11.8. The van der Waals surface area contributed by atoms with E-state index in [9.17, 15) is 0 Å². The zero-order valence-corrected chi connectivity index (χ0v) is 20.9. The fourth-order valence-electron chi connectivity index (χ4n) is 4.43. The van der Waals surface area contributed by atoms with Gasteiger partial charge in [-0.15, -0.1) is 0 Å². The molecular formula is C28H44NO2+. The summed E-state index contributed by atoms with van der Waals surface area (Å²) in [5.74, 6) is 2.06. The molecule has 172 valence electrons. The molecule has 31 heavy (non-hydrogen) atoms. The van der Waals surface area contributed by atoms with Crippen molar-refractivity contribution in [2.24, 2.45) is 11.8 Å². The number of ether oxygens (including phenoxy) is 2. The van der Waals surface area contributed by atoms with Crippen LogP contribution in [0.5, 0.6) is 5.75 Å². The van der Waals surface area contributed by atoms with Gasteiger partial charge in [0.05, 0.1) is 27.3 Å². The maximum absolute atomic E-state index is 6.75. The third kappa shape index (κ3) is 9.04. The summed E-state index contributed by atoms with van der Waals surface area (Å²) in [6.45, 7) is 14.6. The molecule has 0 fully saturated rings. The molecule has 3 heteroatoms. The second kappa shape index (κ2) is 11.7. The highest BCUT2D eigenvalue weighted by atomic mass is 16.5. The number of hydrogen-bond acceptors (Lipinski definition) is 2. The van der Waals surface area contributed by atoms with E-state index in [4.69, 9.17) is 9.47 Å². The van der Waals surface area contributed by atoms with Gasteiger partial charge in [-0.2, -0.15) is 0 Å². The van der Waals surface area contributed by atoms with Crippen LogP contribution in [0.4, 0.5) is 0 Å².